The standard InChI is InChI=1S/C11H14N2O4/c1-16-9-3-2-7(6-8(9)12)11(15)17-5-4-10(13)14/h2-3,6H,4-5,12H2,1H3,(H2,13,14). The van der Waals surface area contributed by atoms with Gasteiger partial charge >= 0.3 is 5.97 Å². The van der Waals surface area contributed by atoms with Gasteiger partial charge in [-0.1, -0.05) is 0 Å². The molecule has 0 aliphatic carbocycles. The van der Waals surface area contributed by atoms with Crippen molar-refractivity contribution in [2.45, 2.75) is 6.42 Å². The molecule has 1 aromatic rings. The first-order valence-corrected chi connectivity index (χ1v) is 4.93. The second-order valence-corrected chi connectivity index (χ2v) is 3.31. The summed E-state index contributed by atoms with van der Waals surface area (Å²) in [7, 11) is 1.48. The van der Waals surface area contributed by atoms with Crippen LogP contribution in [0.4, 0.5) is 5.69 Å². The number of esters is 1. The molecule has 0 spiro atoms. The monoisotopic (exact) mass is 238 g/mol. The number of carbonyl (C=O) groups is 2. The van der Waals surface area contributed by atoms with Crippen molar-refractivity contribution in [1.29, 1.82) is 0 Å². The molecule has 0 radical (unpaired) electrons. The van der Waals surface area contributed by atoms with E-state index in [1.807, 2.05) is 0 Å². The van der Waals surface area contributed by atoms with E-state index in [2.05, 4.69) is 0 Å². The van der Waals surface area contributed by atoms with Crippen molar-refractivity contribution in [2.24, 2.45) is 5.73 Å². The van der Waals surface area contributed by atoms with Gasteiger partial charge in [-0.25, -0.2) is 4.79 Å². The number of ether oxygens (including phenoxy) is 2. The second-order valence-electron chi connectivity index (χ2n) is 3.31. The third kappa shape index (κ3) is 3.67. The number of benzene rings is 1. The van der Waals surface area contributed by atoms with Crippen molar-refractivity contribution in [1.82, 2.24) is 0 Å². The van der Waals surface area contributed by atoms with Crippen molar-refractivity contribution >= 4 is 17.6 Å². The Labute approximate surface area is 98.5 Å². The van der Waals surface area contributed by atoms with Gasteiger partial charge in [0.1, 0.15) is 12.4 Å². The summed E-state index contributed by atoms with van der Waals surface area (Å²) in [6.45, 7) is -0.0416. The van der Waals surface area contributed by atoms with Crippen molar-refractivity contribution < 1.29 is 19.1 Å². The summed E-state index contributed by atoms with van der Waals surface area (Å²) in [5.41, 5.74) is 11.2. The number of rotatable bonds is 5. The number of amides is 1. The molecule has 0 aromatic heterocycles. The summed E-state index contributed by atoms with van der Waals surface area (Å²) < 4.78 is 9.79. The molecular weight excluding hydrogens is 224 g/mol. The van der Waals surface area contributed by atoms with Crippen LogP contribution in [-0.2, 0) is 9.53 Å². The first-order valence-electron chi connectivity index (χ1n) is 4.93. The minimum Gasteiger partial charge on any atom is -0.495 e. The minimum atomic E-state index is -0.555. The van der Waals surface area contributed by atoms with E-state index >= 15 is 0 Å². The van der Waals surface area contributed by atoms with Gasteiger partial charge in [-0.3, -0.25) is 4.79 Å². The summed E-state index contributed by atoms with van der Waals surface area (Å²) >= 11 is 0. The highest BCUT2D eigenvalue weighted by Gasteiger charge is 2.10. The Morgan fingerprint density at radius 3 is 2.59 bits per heavy atom. The topological polar surface area (TPSA) is 105 Å². The van der Waals surface area contributed by atoms with E-state index in [-0.39, 0.29) is 13.0 Å². The fraction of sp³-hybridized carbons (Fsp3) is 0.273. The van der Waals surface area contributed by atoms with Gasteiger partial charge in [-0.15, -0.1) is 0 Å². The van der Waals surface area contributed by atoms with Gasteiger partial charge in [-0.05, 0) is 18.2 Å². The smallest absolute Gasteiger partial charge is 0.338 e. The second kappa shape index (κ2) is 5.74. The summed E-state index contributed by atoms with van der Waals surface area (Å²) in [6.07, 6.45) is -0.00260. The van der Waals surface area contributed by atoms with Crippen LogP contribution < -0.4 is 16.2 Å². The van der Waals surface area contributed by atoms with Crippen LogP contribution >= 0.6 is 0 Å². The van der Waals surface area contributed by atoms with E-state index in [4.69, 9.17) is 20.9 Å². The van der Waals surface area contributed by atoms with Crippen molar-refractivity contribution in [3.05, 3.63) is 23.8 Å². The van der Waals surface area contributed by atoms with Gasteiger partial charge in [0.2, 0.25) is 5.91 Å². The van der Waals surface area contributed by atoms with E-state index in [9.17, 15) is 9.59 Å². The summed E-state index contributed by atoms with van der Waals surface area (Å²) in [6, 6.07) is 4.55. The van der Waals surface area contributed by atoms with E-state index in [1.165, 1.54) is 19.2 Å². The predicted octanol–water partition coefficient (Wildman–Crippen LogP) is 0.310. The van der Waals surface area contributed by atoms with Crippen LogP contribution in [0.3, 0.4) is 0 Å². The average Bonchev–Trinajstić information content (AvgIpc) is 2.28. The van der Waals surface area contributed by atoms with Gasteiger partial charge in [0.05, 0.1) is 24.8 Å². The van der Waals surface area contributed by atoms with Crippen LogP contribution in [0.25, 0.3) is 0 Å². The Bertz CT molecular complexity index is 431. The van der Waals surface area contributed by atoms with Crippen LogP contribution in [0.5, 0.6) is 5.75 Å². The fourth-order valence-corrected chi connectivity index (χ4v) is 1.19. The van der Waals surface area contributed by atoms with Gasteiger partial charge < -0.3 is 20.9 Å². The van der Waals surface area contributed by atoms with Crippen LogP contribution in [0.15, 0.2) is 18.2 Å². The van der Waals surface area contributed by atoms with Gasteiger partial charge in [0, 0.05) is 0 Å². The molecule has 0 heterocycles. The number of methoxy groups -OCH3 is 1. The lowest BCUT2D eigenvalue weighted by Crippen LogP contribution is -2.15. The maximum absolute atomic E-state index is 11.5. The van der Waals surface area contributed by atoms with Gasteiger partial charge in [0.15, 0.2) is 0 Å². The molecular formula is C11H14N2O4. The number of primary amides is 1. The molecule has 17 heavy (non-hydrogen) atoms. The molecule has 0 aliphatic rings. The van der Waals surface area contributed by atoms with E-state index in [1.54, 1.807) is 6.07 Å². The van der Waals surface area contributed by atoms with Gasteiger partial charge in [0.25, 0.3) is 0 Å². The largest absolute Gasteiger partial charge is 0.495 e. The summed E-state index contributed by atoms with van der Waals surface area (Å²) in [4.78, 5) is 22.0. The first kappa shape index (κ1) is 12.8. The molecule has 0 atom stereocenters. The van der Waals surface area contributed by atoms with Crippen molar-refractivity contribution in [2.75, 3.05) is 19.5 Å². The zero-order valence-electron chi connectivity index (χ0n) is 9.43. The molecule has 1 aromatic carbocycles. The highest BCUT2D eigenvalue weighted by Crippen LogP contribution is 2.22. The number of carbonyl (C=O) groups excluding carboxylic acids is 2. The normalized spacial score (nSPS) is 9.71. The SMILES string of the molecule is COc1ccc(C(=O)OCCC(N)=O)cc1N. The lowest BCUT2D eigenvalue weighted by molar-refractivity contribution is -0.118. The Kier molecular flexibility index (Phi) is 4.33. The molecule has 1 rings (SSSR count). The van der Waals surface area contributed by atoms with Crippen LogP contribution in [0, 0.1) is 0 Å². The number of hydrogen-bond acceptors (Lipinski definition) is 5. The third-order valence-corrected chi connectivity index (χ3v) is 2.05. The molecule has 6 nitrogen and oxygen atoms in total. The average molecular weight is 238 g/mol. The molecule has 0 bridgehead atoms. The molecule has 4 N–H and O–H groups in total. The molecule has 92 valence electrons. The first-order chi connectivity index (χ1) is 8.04. The summed E-state index contributed by atoms with van der Waals surface area (Å²) in [5, 5.41) is 0. The van der Waals surface area contributed by atoms with E-state index < -0.39 is 11.9 Å². The number of anilines is 1. The van der Waals surface area contributed by atoms with Crippen LogP contribution in [0.1, 0.15) is 16.8 Å². The Balaban J connectivity index is 2.63. The quantitative estimate of drug-likeness (QED) is 0.567. The van der Waals surface area contributed by atoms with Crippen molar-refractivity contribution in [3.8, 4) is 5.75 Å². The Morgan fingerprint density at radius 2 is 2.06 bits per heavy atom. The van der Waals surface area contributed by atoms with Crippen LogP contribution in [-0.4, -0.2) is 25.6 Å². The lowest BCUT2D eigenvalue weighted by atomic mass is 10.2. The molecule has 1 amide bonds. The molecule has 0 fully saturated rings. The lowest BCUT2D eigenvalue weighted by Gasteiger charge is -2.07. The van der Waals surface area contributed by atoms with Gasteiger partial charge in [-0.2, -0.15) is 0 Å². The minimum absolute atomic E-state index is 0.00260. The highest BCUT2D eigenvalue weighted by molar-refractivity contribution is 5.91. The Hall–Kier alpha value is -2.24. The summed E-state index contributed by atoms with van der Waals surface area (Å²) in [5.74, 6) is -0.591. The van der Waals surface area contributed by atoms with E-state index in [0.717, 1.165) is 0 Å². The maximum atomic E-state index is 11.5. The molecule has 6 heteroatoms. The Morgan fingerprint density at radius 1 is 1.35 bits per heavy atom. The molecule has 0 saturated carbocycles. The molecule has 0 unspecified atom stereocenters. The third-order valence-electron chi connectivity index (χ3n) is 2.05. The molecule has 0 aliphatic heterocycles. The highest BCUT2D eigenvalue weighted by atomic mass is 16.5. The molecule has 0 saturated heterocycles. The fourth-order valence-electron chi connectivity index (χ4n) is 1.19. The van der Waals surface area contributed by atoms with E-state index in [0.29, 0.717) is 17.0 Å². The maximum Gasteiger partial charge on any atom is 0.338 e. The van der Waals surface area contributed by atoms with Crippen LogP contribution in [0.2, 0.25) is 0 Å². The van der Waals surface area contributed by atoms with Crippen molar-refractivity contribution in [3.63, 3.8) is 0 Å². The predicted molar refractivity (Wildman–Crippen MR) is 61.5 cm³/mol. The zero-order chi connectivity index (χ0) is 12.8. The number of nitrogens with two attached hydrogens (primary N) is 2. The zero-order valence-corrected chi connectivity index (χ0v) is 9.43. The number of hydrogen-bond donors (Lipinski definition) is 2. The number of nitrogen functional groups attached to an aromatic ring is 1.